The number of likely N-dealkylation sites (tertiary alicyclic amines) is 1. The van der Waals surface area contributed by atoms with Crippen LogP contribution in [0, 0.1) is 11.2 Å². The van der Waals surface area contributed by atoms with Crippen LogP contribution in [0.4, 0.5) is 4.39 Å². The highest BCUT2D eigenvalue weighted by Gasteiger charge is 2.37. The molecule has 2 aliphatic heterocycles. The second-order valence-corrected chi connectivity index (χ2v) is 8.30. The van der Waals surface area contributed by atoms with Gasteiger partial charge < -0.3 is 18.9 Å². The van der Waals surface area contributed by atoms with E-state index in [-0.39, 0.29) is 23.7 Å². The highest BCUT2D eigenvalue weighted by molar-refractivity contribution is 5.77. The smallest absolute Gasteiger partial charge is 0.260 e. The van der Waals surface area contributed by atoms with Gasteiger partial charge in [0, 0.05) is 39.6 Å². The Morgan fingerprint density at radius 1 is 1.10 bits per heavy atom. The van der Waals surface area contributed by atoms with Crippen LogP contribution in [-0.4, -0.2) is 59.0 Å². The van der Waals surface area contributed by atoms with Crippen LogP contribution in [-0.2, 0) is 28.9 Å². The molecule has 0 atom stereocenters. The Labute approximate surface area is 176 Å². The lowest BCUT2D eigenvalue weighted by Crippen LogP contribution is -2.45. The molecule has 1 saturated heterocycles. The van der Waals surface area contributed by atoms with Crippen LogP contribution in [0.3, 0.4) is 0 Å². The van der Waals surface area contributed by atoms with E-state index in [9.17, 15) is 9.18 Å². The molecule has 1 amide bonds. The molecule has 3 heterocycles. The fourth-order valence-electron chi connectivity index (χ4n) is 4.54. The van der Waals surface area contributed by atoms with Crippen molar-refractivity contribution < 1.29 is 18.7 Å². The number of rotatable bonds is 6. The quantitative estimate of drug-likeness (QED) is 0.724. The Morgan fingerprint density at radius 3 is 2.57 bits per heavy atom. The van der Waals surface area contributed by atoms with Crippen LogP contribution in [0.5, 0.6) is 5.75 Å². The van der Waals surface area contributed by atoms with E-state index in [4.69, 9.17) is 9.47 Å². The minimum absolute atomic E-state index is 0.0114. The zero-order valence-corrected chi connectivity index (χ0v) is 17.5. The second-order valence-electron chi connectivity index (χ2n) is 8.30. The minimum atomic E-state index is -0.318. The molecule has 1 spiro atoms. The zero-order chi connectivity index (χ0) is 21.0. The molecule has 1 fully saturated rings. The first-order chi connectivity index (χ1) is 14.6. The highest BCUT2D eigenvalue weighted by atomic mass is 19.1. The van der Waals surface area contributed by atoms with Gasteiger partial charge in [0.2, 0.25) is 0 Å². The maximum absolute atomic E-state index is 13.0. The minimum Gasteiger partial charge on any atom is -0.484 e. The van der Waals surface area contributed by atoms with Gasteiger partial charge in [0.05, 0.1) is 6.61 Å². The molecule has 162 valence electrons. The Morgan fingerprint density at radius 2 is 1.83 bits per heavy atom. The summed E-state index contributed by atoms with van der Waals surface area (Å²) in [6.45, 7) is 3.08. The fourth-order valence-corrected chi connectivity index (χ4v) is 4.54. The zero-order valence-electron chi connectivity index (χ0n) is 17.5. The third-order valence-corrected chi connectivity index (χ3v) is 6.53. The topological polar surface area (TPSA) is 69.5 Å². The number of nitrogens with zero attached hydrogens (tertiary/aromatic N) is 4. The highest BCUT2D eigenvalue weighted by Crippen LogP contribution is 2.41. The molecule has 1 aromatic carbocycles. The summed E-state index contributed by atoms with van der Waals surface area (Å²) in [6, 6.07) is 5.74. The number of aryl methyl sites for hydroxylation is 1. The third kappa shape index (κ3) is 4.64. The van der Waals surface area contributed by atoms with Crippen molar-refractivity contribution in [3.05, 3.63) is 41.7 Å². The molecule has 7 nitrogen and oxygen atoms in total. The molecular formula is C22H29FN4O3. The van der Waals surface area contributed by atoms with Gasteiger partial charge in [-0.1, -0.05) is 0 Å². The van der Waals surface area contributed by atoms with Crippen LogP contribution in [0.15, 0.2) is 24.3 Å². The van der Waals surface area contributed by atoms with Crippen LogP contribution < -0.4 is 4.74 Å². The predicted molar refractivity (Wildman–Crippen MR) is 109 cm³/mol. The van der Waals surface area contributed by atoms with E-state index in [0.29, 0.717) is 12.4 Å². The maximum Gasteiger partial charge on any atom is 0.260 e. The molecule has 4 rings (SSSR count). The van der Waals surface area contributed by atoms with Crippen molar-refractivity contribution in [3.63, 3.8) is 0 Å². The van der Waals surface area contributed by atoms with Crippen LogP contribution in [0.25, 0.3) is 0 Å². The van der Waals surface area contributed by atoms with Crippen molar-refractivity contribution in [1.82, 2.24) is 19.7 Å². The average molecular weight is 416 g/mol. The lowest BCUT2D eigenvalue weighted by Gasteiger charge is -2.41. The van der Waals surface area contributed by atoms with E-state index >= 15 is 0 Å². The first kappa shape index (κ1) is 20.8. The first-order valence-corrected chi connectivity index (χ1v) is 10.6. The summed E-state index contributed by atoms with van der Waals surface area (Å²) in [6.07, 6.45) is 5.89. The summed E-state index contributed by atoms with van der Waals surface area (Å²) in [7, 11) is 1.70. The number of benzene rings is 1. The molecule has 0 bridgehead atoms. The van der Waals surface area contributed by atoms with Gasteiger partial charge in [-0.05, 0) is 55.4 Å². The molecule has 2 aliphatic rings. The molecule has 30 heavy (non-hydrogen) atoms. The van der Waals surface area contributed by atoms with Gasteiger partial charge >= 0.3 is 0 Å². The van der Waals surface area contributed by atoms with Gasteiger partial charge in [0.1, 0.15) is 23.2 Å². The standard InChI is InChI=1S/C22H29FN4O3/c1-29-15-7-20-25-24-19-6-8-22(11-14-27(19)20)9-12-26(13-10-22)21(28)16-30-18-4-2-17(23)3-5-18/h2-5H,6-16H2,1H3. The van der Waals surface area contributed by atoms with Crippen molar-refractivity contribution in [2.24, 2.45) is 5.41 Å². The largest absolute Gasteiger partial charge is 0.484 e. The number of carbonyl (C=O) groups excluding carboxylic acids is 1. The van der Waals surface area contributed by atoms with Crippen molar-refractivity contribution in [1.29, 1.82) is 0 Å². The first-order valence-electron chi connectivity index (χ1n) is 10.6. The Balaban J connectivity index is 1.29. The van der Waals surface area contributed by atoms with Gasteiger partial charge in [-0.25, -0.2) is 4.39 Å². The fraction of sp³-hybridized carbons (Fsp3) is 0.591. The van der Waals surface area contributed by atoms with Crippen molar-refractivity contribution in [2.75, 3.05) is 33.4 Å². The number of piperidine rings is 1. The normalized spacial score (nSPS) is 18.1. The number of ether oxygens (including phenoxy) is 2. The van der Waals surface area contributed by atoms with Gasteiger partial charge in [-0.15, -0.1) is 10.2 Å². The van der Waals surface area contributed by atoms with Crippen LogP contribution in [0.2, 0.25) is 0 Å². The van der Waals surface area contributed by atoms with Crippen molar-refractivity contribution >= 4 is 5.91 Å². The SMILES string of the molecule is COCCc1nnc2n1CCC1(CC2)CCN(C(=O)COc2ccc(F)cc2)CC1. The number of hydrogen-bond donors (Lipinski definition) is 0. The lowest BCUT2D eigenvalue weighted by atomic mass is 9.73. The summed E-state index contributed by atoms with van der Waals surface area (Å²) < 4.78 is 26.0. The maximum atomic E-state index is 13.0. The van der Waals surface area contributed by atoms with Crippen molar-refractivity contribution in [3.8, 4) is 5.75 Å². The van der Waals surface area contributed by atoms with E-state index in [0.717, 1.165) is 69.8 Å². The number of methoxy groups -OCH3 is 1. The van der Waals surface area contributed by atoms with E-state index in [1.807, 2.05) is 4.90 Å². The van der Waals surface area contributed by atoms with Gasteiger partial charge in [0.15, 0.2) is 6.61 Å². The molecular weight excluding hydrogens is 387 g/mol. The monoisotopic (exact) mass is 416 g/mol. The molecule has 0 radical (unpaired) electrons. The number of amides is 1. The number of fused-ring (bicyclic) bond motifs is 1. The Bertz CT molecular complexity index is 860. The van der Waals surface area contributed by atoms with E-state index in [1.165, 1.54) is 12.1 Å². The third-order valence-electron chi connectivity index (χ3n) is 6.53. The Kier molecular flexibility index (Phi) is 6.32. The Hall–Kier alpha value is -2.48. The summed E-state index contributed by atoms with van der Waals surface area (Å²) in [4.78, 5) is 14.4. The average Bonchev–Trinajstić information content (AvgIpc) is 3.08. The van der Waals surface area contributed by atoms with E-state index in [2.05, 4.69) is 14.8 Å². The van der Waals surface area contributed by atoms with E-state index in [1.54, 1.807) is 19.2 Å². The summed E-state index contributed by atoms with van der Waals surface area (Å²) in [5.41, 5.74) is 0.258. The molecule has 0 aliphatic carbocycles. The number of aromatic nitrogens is 3. The van der Waals surface area contributed by atoms with Crippen LogP contribution >= 0.6 is 0 Å². The lowest BCUT2D eigenvalue weighted by molar-refractivity contribution is -0.135. The summed E-state index contributed by atoms with van der Waals surface area (Å²) >= 11 is 0. The molecule has 0 N–H and O–H groups in total. The predicted octanol–water partition coefficient (Wildman–Crippen LogP) is 2.63. The number of carbonyl (C=O) groups is 1. The molecule has 0 saturated carbocycles. The number of hydrogen-bond acceptors (Lipinski definition) is 5. The second kappa shape index (κ2) is 9.12. The van der Waals surface area contributed by atoms with Gasteiger partial charge in [0.25, 0.3) is 5.91 Å². The van der Waals surface area contributed by atoms with Gasteiger partial charge in [-0.2, -0.15) is 0 Å². The van der Waals surface area contributed by atoms with Crippen LogP contribution in [0.1, 0.15) is 37.3 Å². The summed E-state index contributed by atoms with van der Waals surface area (Å²) in [5, 5.41) is 8.74. The summed E-state index contributed by atoms with van der Waals surface area (Å²) in [5.74, 6) is 2.26. The molecule has 2 aromatic rings. The molecule has 0 unspecified atom stereocenters. The molecule has 1 aromatic heterocycles. The van der Waals surface area contributed by atoms with E-state index < -0.39 is 0 Å². The number of halogens is 1. The van der Waals surface area contributed by atoms with Crippen molar-refractivity contribution in [2.45, 2.75) is 45.1 Å². The molecule has 8 heteroatoms. The van der Waals surface area contributed by atoms with Gasteiger partial charge in [-0.3, -0.25) is 4.79 Å².